The second-order valence-electron chi connectivity index (χ2n) is 5.72. The van der Waals surface area contributed by atoms with Crippen LogP contribution in [-0.2, 0) is 0 Å². The second-order valence-corrected chi connectivity index (χ2v) is 7.41. The minimum absolute atomic E-state index is 0.194. The molecule has 1 fully saturated rings. The number of thioether (sulfide) groups is 1. The highest BCUT2D eigenvalue weighted by Crippen LogP contribution is 2.38. The van der Waals surface area contributed by atoms with Gasteiger partial charge in [0.1, 0.15) is 5.82 Å². The van der Waals surface area contributed by atoms with E-state index in [9.17, 15) is 4.39 Å². The van der Waals surface area contributed by atoms with Crippen LogP contribution in [0.3, 0.4) is 0 Å². The molecule has 112 valence electrons. The molecule has 2 rings (SSSR count). The van der Waals surface area contributed by atoms with Gasteiger partial charge in [-0.1, -0.05) is 36.9 Å². The number of halogens is 2. The molecule has 0 bridgehead atoms. The molecule has 1 nitrogen and oxygen atoms in total. The lowest BCUT2D eigenvalue weighted by Crippen LogP contribution is -2.40. The SMILES string of the molecule is CSC1(CNC(C)c2ccc(F)c(Cl)c2)CCCCC1. The summed E-state index contributed by atoms with van der Waals surface area (Å²) < 4.78 is 13.6. The molecule has 20 heavy (non-hydrogen) atoms. The summed E-state index contributed by atoms with van der Waals surface area (Å²) in [7, 11) is 0. The van der Waals surface area contributed by atoms with Gasteiger partial charge in [-0.25, -0.2) is 4.39 Å². The highest BCUT2D eigenvalue weighted by atomic mass is 35.5. The van der Waals surface area contributed by atoms with E-state index in [1.54, 1.807) is 6.07 Å². The van der Waals surface area contributed by atoms with Crippen LogP contribution >= 0.6 is 23.4 Å². The molecular weight excluding hydrogens is 293 g/mol. The van der Waals surface area contributed by atoms with Gasteiger partial charge in [0.15, 0.2) is 0 Å². The lowest BCUT2D eigenvalue weighted by Gasteiger charge is -2.37. The fraction of sp³-hybridized carbons (Fsp3) is 0.625. The minimum Gasteiger partial charge on any atom is -0.309 e. The van der Waals surface area contributed by atoms with E-state index in [0.717, 1.165) is 12.1 Å². The third-order valence-corrected chi connectivity index (χ3v) is 6.08. The number of rotatable bonds is 5. The quantitative estimate of drug-likeness (QED) is 0.802. The second kappa shape index (κ2) is 7.15. The van der Waals surface area contributed by atoms with Crippen LogP contribution in [0.5, 0.6) is 0 Å². The van der Waals surface area contributed by atoms with Crippen LogP contribution in [0.2, 0.25) is 5.02 Å². The number of hydrogen-bond donors (Lipinski definition) is 1. The Balaban J connectivity index is 1.96. The summed E-state index contributed by atoms with van der Waals surface area (Å²) in [5, 5.41) is 3.81. The van der Waals surface area contributed by atoms with Crippen LogP contribution in [0.15, 0.2) is 18.2 Å². The molecule has 0 saturated heterocycles. The smallest absolute Gasteiger partial charge is 0.141 e. The Morgan fingerprint density at radius 2 is 2.05 bits per heavy atom. The molecular formula is C16H23ClFNS. The van der Waals surface area contributed by atoms with Crippen molar-refractivity contribution in [2.75, 3.05) is 12.8 Å². The first-order chi connectivity index (χ1) is 9.56. The van der Waals surface area contributed by atoms with Gasteiger partial charge in [0.05, 0.1) is 5.02 Å². The molecule has 1 N–H and O–H groups in total. The van der Waals surface area contributed by atoms with Crippen molar-refractivity contribution in [1.82, 2.24) is 5.32 Å². The van der Waals surface area contributed by atoms with Crippen molar-refractivity contribution >= 4 is 23.4 Å². The molecule has 1 unspecified atom stereocenters. The van der Waals surface area contributed by atoms with Crippen molar-refractivity contribution < 1.29 is 4.39 Å². The molecule has 4 heteroatoms. The van der Waals surface area contributed by atoms with Gasteiger partial charge in [0.2, 0.25) is 0 Å². The van der Waals surface area contributed by atoms with E-state index in [-0.39, 0.29) is 16.9 Å². The minimum atomic E-state index is -0.351. The molecule has 0 heterocycles. The summed E-state index contributed by atoms with van der Waals surface area (Å²) in [5.41, 5.74) is 1.04. The molecule has 1 aromatic rings. The summed E-state index contributed by atoms with van der Waals surface area (Å²) in [4.78, 5) is 0. The Hall–Kier alpha value is -0.250. The number of benzene rings is 1. The zero-order chi connectivity index (χ0) is 14.6. The molecule has 1 aliphatic rings. The van der Waals surface area contributed by atoms with Gasteiger partial charge in [-0.2, -0.15) is 11.8 Å². The van der Waals surface area contributed by atoms with Crippen molar-refractivity contribution in [3.8, 4) is 0 Å². The van der Waals surface area contributed by atoms with Gasteiger partial charge >= 0.3 is 0 Å². The van der Waals surface area contributed by atoms with E-state index in [0.29, 0.717) is 4.75 Å². The molecule has 1 aromatic carbocycles. The maximum absolute atomic E-state index is 13.2. The Morgan fingerprint density at radius 3 is 2.65 bits per heavy atom. The van der Waals surface area contributed by atoms with E-state index in [2.05, 4.69) is 18.5 Å². The number of nitrogens with one attached hydrogen (secondary N) is 1. The first kappa shape index (κ1) is 16.1. The topological polar surface area (TPSA) is 12.0 Å². The van der Waals surface area contributed by atoms with Crippen LogP contribution in [0, 0.1) is 5.82 Å². The standard InChI is InChI=1S/C16H23ClFNS/c1-12(13-6-7-15(18)14(17)10-13)19-11-16(20-2)8-4-3-5-9-16/h6-7,10,12,19H,3-5,8-9,11H2,1-2H3. The van der Waals surface area contributed by atoms with Gasteiger partial charge in [0.25, 0.3) is 0 Å². The molecule has 0 amide bonds. The van der Waals surface area contributed by atoms with Gasteiger partial charge in [-0.05, 0) is 43.7 Å². The summed E-state index contributed by atoms with van der Waals surface area (Å²) >= 11 is 7.84. The first-order valence-electron chi connectivity index (χ1n) is 7.30. The summed E-state index contributed by atoms with van der Waals surface area (Å²) in [5.74, 6) is -0.351. The Morgan fingerprint density at radius 1 is 1.35 bits per heavy atom. The van der Waals surface area contributed by atoms with Gasteiger partial charge < -0.3 is 5.32 Å². The average Bonchev–Trinajstić information content (AvgIpc) is 2.48. The monoisotopic (exact) mass is 315 g/mol. The van der Waals surface area contributed by atoms with Gasteiger partial charge in [-0.15, -0.1) is 0 Å². The maximum atomic E-state index is 13.2. The Labute approximate surface area is 130 Å². The third kappa shape index (κ3) is 3.90. The predicted octanol–water partition coefficient (Wildman–Crippen LogP) is 5.20. The van der Waals surface area contributed by atoms with Gasteiger partial charge in [-0.3, -0.25) is 0 Å². The molecule has 1 saturated carbocycles. The van der Waals surface area contributed by atoms with Crippen molar-refractivity contribution in [2.24, 2.45) is 0 Å². The molecule has 0 aromatic heterocycles. The fourth-order valence-electron chi connectivity index (χ4n) is 2.89. The van der Waals surface area contributed by atoms with Crippen molar-refractivity contribution in [3.63, 3.8) is 0 Å². The highest BCUT2D eigenvalue weighted by Gasteiger charge is 2.31. The van der Waals surface area contributed by atoms with E-state index < -0.39 is 0 Å². The van der Waals surface area contributed by atoms with E-state index in [4.69, 9.17) is 11.6 Å². The average molecular weight is 316 g/mol. The van der Waals surface area contributed by atoms with E-state index in [1.165, 1.54) is 38.2 Å². The zero-order valence-corrected chi connectivity index (χ0v) is 13.8. The normalized spacial score (nSPS) is 19.8. The zero-order valence-electron chi connectivity index (χ0n) is 12.2. The largest absolute Gasteiger partial charge is 0.309 e. The third-order valence-electron chi connectivity index (χ3n) is 4.37. The predicted molar refractivity (Wildman–Crippen MR) is 87.2 cm³/mol. The van der Waals surface area contributed by atoms with E-state index in [1.807, 2.05) is 17.8 Å². The molecule has 0 aliphatic heterocycles. The van der Waals surface area contributed by atoms with E-state index >= 15 is 0 Å². The Bertz CT molecular complexity index is 446. The lowest BCUT2D eigenvalue weighted by molar-refractivity contribution is 0.367. The van der Waals surface area contributed by atoms with Crippen molar-refractivity contribution in [2.45, 2.75) is 49.8 Å². The van der Waals surface area contributed by atoms with Crippen LogP contribution in [0.1, 0.15) is 50.6 Å². The first-order valence-corrected chi connectivity index (χ1v) is 8.90. The molecule has 0 radical (unpaired) electrons. The van der Waals surface area contributed by atoms with Gasteiger partial charge in [0, 0.05) is 17.3 Å². The lowest BCUT2D eigenvalue weighted by atomic mass is 9.88. The number of hydrogen-bond acceptors (Lipinski definition) is 2. The van der Waals surface area contributed by atoms with Crippen molar-refractivity contribution in [3.05, 3.63) is 34.6 Å². The highest BCUT2D eigenvalue weighted by molar-refractivity contribution is 8.00. The summed E-state index contributed by atoms with van der Waals surface area (Å²) in [6, 6.07) is 5.17. The summed E-state index contributed by atoms with van der Waals surface area (Å²) in [6.45, 7) is 3.12. The van der Waals surface area contributed by atoms with Crippen LogP contribution < -0.4 is 5.32 Å². The Kier molecular flexibility index (Phi) is 5.76. The van der Waals surface area contributed by atoms with Crippen LogP contribution in [-0.4, -0.2) is 17.5 Å². The van der Waals surface area contributed by atoms with Crippen LogP contribution in [0.25, 0.3) is 0 Å². The summed E-state index contributed by atoms with van der Waals surface area (Å²) in [6.07, 6.45) is 8.83. The molecule has 1 atom stereocenters. The van der Waals surface area contributed by atoms with Crippen molar-refractivity contribution in [1.29, 1.82) is 0 Å². The molecule has 1 aliphatic carbocycles. The van der Waals surface area contributed by atoms with Crippen LogP contribution in [0.4, 0.5) is 4.39 Å². The maximum Gasteiger partial charge on any atom is 0.141 e. The fourth-order valence-corrected chi connectivity index (χ4v) is 4.00. The molecule has 0 spiro atoms.